The first-order valence-corrected chi connectivity index (χ1v) is 9.33. The number of allylic oxidation sites excluding steroid dienone is 1. The summed E-state index contributed by atoms with van der Waals surface area (Å²) in [6, 6.07) is 11.2. The minimum Gasteiger partial charge on any atom is -0.379 e. The molecule has 2 aromatic carbocycles. The molecule has 0 spiro atoms. The van der Waals surface area contributed by atoms with E-state index in [1.54, 1.807) is 29.2 Å². The van der Waals surface area contributed by atoms with E-state index in [9.17, 15) is 13.2 Å². The minimum absolute atomic E-state index is 0.0481. The average Bonchev–Trinajstić information content (AvgIpc) is 3.23. The fraction of sp³-hybridized carbons (Fsp3) is 0.167. The number of rotatable bonds is 4. The third-order valence-corrected chi connectivity index (χ3v) is 5.51. The van der Waals surface area contributed by atoms with Gasteiger partial charge in [0, 0.05) is 18.8 Å². The van der Waals surface area contributed by atoms with Crippen molar-refractivity contribution in [1.82, 2.24) is 5.32 Å². The van der Waals surface area contributed by atoms with Crippen molar-refractivity contribution in [3.63, 3.8) is 0 Å². The van der Waals surface area contributed by atoms with Gasteiger partial charge in [-0.05, 0) is 53.9 Å². The molecule has 2 amide bonds. The second kappa shape index (κ2) is 5.93. The van der Waals surface area contributed by atoms with Crippen molar-refractivity contribution < 1.29 is 17.4 Å². The van der Waals surface area contributed by atoms with Crippen LogP contribution in [0.2, 0.25) is 0 Å². The molecule has 25 heavy (non-hydrogen) atoms. The van der Waals surface area contributed by atoms with Crippen LogP contribution in [0.4, 0.5) is 10.5 Å². The molecule has 1 aliphatic heterocycles. The van der Waals surface area contributed by atoms with Crippen LogP contribution in [0.5, 0.6) is 5.75 Å². The minimum atomic E-state index is -3.93. The molecule has 2 aromatic rings. The highest BCUT2D eigenvalue weighted by Crippen LogP contribution is 2.27. The quantitative estimate of drug-likeness (QED) is 0.854. The van der Waals surface area contributed by atoms with Crippen LogP contribution in [0.3, 0.4) is 0 Å². The van der Waals surface area contributed by atoms with Gasteiger partial charge in [-0.1, -0.05) is 18.2 Å². The Morgan fingerprint density at radius 3 is 2.60 bits per heavy atom. The molecule has 2 aliphatic rings. The van der Waals surface area contributed by atoms with Crippen LogP contribution in [0.15, 0.2) is 53.4 Å². The SMILES string of the molecule is O=C1NCCN1c1ccc(S(=O)(=O)Oc2ccc3c(c2)C=CC3)cc1. The fourth-order valence-electron chi connectivity index (χ4n) is 2.96. The number of anilines is 1. The van der Waals surface area contributed by atoms with E-state index in [2.05, 4.69) is 5.32 Å². The lowest BCUT2D eigenvalue weighted by Crippen LogP contribution is -2.27. The number of urea groups is 1. The maximum atomic E-state index is 12.5. The van der Waals surface area contributed by atoms with Crippen molar-refractivity contribution >= 4 is 27.9 Å². The van der Waals surface area contributed by atoms with Crippen LogP contribution in [0.1, 0.15) is 11.1 Å². The molecular weight excluding hydrogens is 340 g/mol. The number of fused-ring (bicyclic) bond motifs is 1. The predicted molar refractivity (Wildman–Crippen MR) is 94.2 cm³/mol. The standard InChI is InChI=1S/C18H16N2O4S/c21-18-19-10-11-20(18)15-5-8-17(9-6-15)25(22,23)24-16-7-4-13-2-1-3-14(13)12-16/h1,3-9,12H,2,10-11H2,(H,19,21). The van der Waals surface area contributed by atoms with E-state index < -0.39 is 10.1 Å². The maximum Gasteiger partial charge on any atom is 0.339 e. The van der Waals surface area contributed by atoms with Crippen molar-refractivity contribution in [3.8, 4) is 5.75 Å². The van der Waals surface area contributed by atoms with Crippen LogP contribution < -0.4 is 14.4 Å². The molecule has 6 nitrogen and oxygen atoms in total. The Morgan fingerprint density at radius 2 is 1.88 bits per heavy atom. The first kappa shape index (κ1) is 15.7. The molecule has 1 heterocycles. The van der Waals surface area contributed by atoms with Crippen LogP contribution >= 0.6 is 0 Å². The van der Waals surface area contributed by atoms with Gasteiger partial charge in [-0.25, -0.2) is 4.79 Å². The average molecular weight is 356 g/mol. The summed E-state index contributed by atoms with van der Waals surface area (Å²) in [5.74, 6) is 0.285. The molecule has 0 bridgehead atoms. The number of amides is 2. The van der Waals surface area contributed by atoms with E-state index in [0.29, 0.717) is 18.8 Å². The number of hydrogen-bond acceptors (Lipinski definition) is 4. The molecule has 0 radical (unpaired) electrons. The third-order valence-electron chi connectivity index (χ3n) is 4.25. The Bertz CT molecular complexity index is 965. The smallest absolute Gasteiger partial charge is 0.339 e. The summed E-state index contributed by atoms with van der Waals surface area (Å²) < 4.78 is 30.2. The largest absolute Gasteiger partial charge is 0.379 e. The highest BCUT2D eigenvalue weighted by atomic mass is 32.2. The maximum absolute atomic E-state index is 12.5. The van der Waals surface area contributed by atoms with Crippen LogP contribution in [-0.2, 0) is 16.5 Å². The molecule has 0 saturated carbocycles. The Hall–Kier alpha value is -2.80. The molecule has 1 N–H and O–H groups in total. The molecule has 0 atom stereocenters. The van der Waals surface area contributed by atoms with Gasteiger partial charge in [0.15, 0.2) is 0 Å². The van der Waals surface area contributed by atoms with Gasteiger partial charge in [0.05, 0.1) is 0 Å². The fourth-order valence-corrected chi connectivity index (χ4v) is 3.89. The van der Waals surface area contributed by atoms with Crippen molar-refractivity contribution in [1.29, 1.82) is 0 Å². The second-order valence-corrected chi connectivity index (χ2v) is 7.43. The predicted octanol–water partition coefficient (Wildman–Crippen LogP) is 2.55. The topological polar surface area (TPSA) is 75.7 Å². The number of hydrogen-bond donors (Lipinski definition) is 1. The highest BCUT2D eigenvalue weighted by molar-refractivity contribution is 7.87. The van der Waals surface area contributed by atoms with E-state index in [1.165, 1.54) is 12.1 Å². The highest BCUT2D eigenvalue weighted by Gasteiger charge is 2.23. The number of carbonyl (C=O) groups excluding carboxylic acids is 1. The van der Waals surface area contributed by atoms with Gasteiger partial charge in [-0.15, -0.1) is 0 Å². The van der Waals surface area contributed by atoms with Crippen molar-refractivity contribution in [2.75, 3.05) is 18.0 Å². The summed E-state index contributed by atoms with van der Waals surface area (Å²) in [6.45, 7) is 1.14. The molecule has 128 valence electrons. The lowest BCUT2D eigenvalue weighted by atomic mass is 10.1. The Labute approximate surface area is 145 Å². The zero-order valence-electron chi connectivity index (χ0n) is 13.3. The van der Waals surface area contributed by atoms with Gasteiger partial charge in [-0.3, -0.25) is 4.90 Å². The Balaban J connectivity index is 1.55. The lowest BCUT2D eigenvalue weighted by molar-refractivity contribution is 0.252. The van der Waals surface area contributed by atoms with E-state index >= 15 is 0 Å². The van der Waals surface area contributed by atoms with Crippen molar-refractivity contribution in [3.05, 3.63) is 59.7 Å². The zero-order valence-corrected chi connectivity index (χ0v) is 14.1. The number of carbonyl (C=O) groups is 1. The molecular formula is C18H16N2O4S. The second-order valence-electron chi connectivity index (χ2n) is 5.88. The monoisotopic (exact) mass is 356 g/mol. The van der Waals surface area contributed by atoms with E-state index in [0.717, 1.165) is 17.5 Å². The van der Waals surface area contributed by atoms with Gasteiger partial charge in [-0.2, -0.15) is 8.42 Å². The summed E-state index contributed by atoms with van der Waals surface area (Å²) in [6.07, 6.45) is 4.83. The number of benzene rings is 2. The Morgan fingerprint density at radius 1 is 1.08 bits per heavy atom. The van der Waals surface area contributed by atoms with E-state index in [4.69, 9.17) is 4.18 Å². The molecule has 1 saturated heterocycles. The summed E-state index contributed by atoms with van der Waals surface area (Å²) in [5.41, 5.74) is 2.78. The van der Waals surface area contributed by atoms with Crippen LogP contribution in [-0.4, -0.2) is 27.5 Å². The summed E-state index contributed by atoms with van der Waals surface area (Å²) >= 11 is 0. The first-order valence-electron chi connectivity index (χ1n) is 7.92. The third kappa shape index (κ3) is 2.98. The van der Waals surface area contributed by atoms with Crippen molar-refractivity contribution in [2.24, 2.45) is 0 Å². The Kier molecular flexibility index (Phi) is 3.73. The van der Waals surface area contributed by atoms with E-state index in [1.807, 2.05) is 18.2 Å². The van der Waals surface area contributed by atoms with Crippen molar-refractivity contribution in [2.45, 2.75) is 11.3 Å². The first-order chi connectivity index (χ1) is 12.0. The molecule has 4 rings (SSSR count). The zero-order chi connectivity index (χ0) is 17.4. The molecule has 0 unspecified atom stereocenters. The summed E-state index contributed by atoms with van der Waals surface area (Å²) in [7, 11) is -3.93. The summed E-state index contributed by atoms with van der Waals surface area (Å²) in [5, 5.41) is 2.70. The van der Waals surface area contributed by atoms with Gasteiger partial charge in [0.2, 0.25) is 0 Å². The molecule has 1 aliphatic carbocycles. The molecule has 1 fully saturated rings. The van der Waals surface area contributed by atoms with Gasteiger partial charge in [0.25, 0.3) is 0 Å². The van der Waals surface area contributed by atoms with Crippen LogP contribution in [0.25, 0.3) is 6.08 Å². The van der Waals surface area contributed by atoms with Gasteiger partial charge in [0.1, 0.15) is 10.6 Å². The number of nitrogens with zero attached hydrogens (tertiary/aromatic N) is 1. The lowest BCUT2D eigenvalue weighted by Gasteiger charge is -2.14. The van der Waals surface area contributed by atoms with E-state index in [-0.39, 0.29) is 16.7 Å². The molecule has 7 heteroatoms. The molecule has 0 aromatic heterocycles. The normalized spacial score (nSPS) is 16.0. The van der Waals surface area contributed by atoms with Gasteiger partial charge >= 0.3 is 16.1 Å². The van der Waals surface area contributed by atoms with Gasteiger partial charge < -0.3 is 9.50 Å². The summed E-state index contributed by atoms with van der Waals surface area (Å²) in [4.78, 5) is 13.3. The van der Waals surface area contributed by atoms with Crippen LogP contribution in [0, 0.1) is 0 Å². The number of nitrogens with one attached hydrogen (secondary N) is 1.